The first-order chi connectivity index (χ1) is 8.90. The minimum atomic E-state index is -1.39. The zero-order valence-corrected chi connectivity index (χ0v) is 19.1. The Morgan fingerprint density at radius 2 is 1.40 bits per heavy atom. The van der Waals surface area contributed by atoms with Gasteiger partial charge in [0.25, 0.3) is 0 Å². The maximum Gasteiger partial charge on any atom is 0.196 e. The highest BCUT2D eigenvalue weighted by Gasteiger charge is 2.33. The van der Waals surface area contributed by atoms with E-state index in [1.165, 1.54) is 24.1 Å². The Bertz CT molecular complexity index is 261. The molecule has 0 rings (SSSR count). The lowest BCUT2D eigenvalue weighted by Crippen LogP contribution is -2.59. The summed E-state index contributed by atoms with van der Waals surface area (Å²) >= 11 is 2.10. The molecule has 20 heavy (non-hydrogen) atoms. The van der Waals surface area contributed by atoms with Gasteiger partial charge in [0.1, 0.15) is 16.5 Å². The van der Waals surface area contributed by atoms with Crippen LogP contribution in [0.3, 0.4) is 0 Å². The van der Waals surface area contributed by atoms with Crippen LogP contribution in [-0.4, -0.2) is 53.3 Å². The van der Waals surface area contributed by atoms with Crippen LogP contribution in [0.5, 0.6) is 0 Å². The number of nitrogens with zero attached hydrogens (tertiary/aromatic N) is 1. The number of thioether (sulfide) groups is 1. The van der Waals surface area contributed by atoms with Gasteiger partial charge in [0.15, 0.2) is 8.32 Å². The van der Waals surface area contributed by atoms with Crippen LogP contribution in [-0.2, 0) is 4.43 Å². The summed E-state index contributed by atoms with van der Waals surface area (Å²) in [6.45, 7) is 23.9. The highest BCUT2D eigenvalue weighted by molar-refractivity contribution is 8.00. The Labute approximate surface area is 135 Å². The minimum Gasteiger partial charge on any atom is -0.417 e. The van der Waals surface area contributed by atoms with E-state index in [9.17, 15) is 0 Å². The van der Waals surface area contributed by atoms with Crippen LogP contribution in [0.2, 0.25) is 52.4 Å². The third-order valence-corrected chi connectivity index (χ3v) is 16.2. The molecule has 0 N–H and O–H groups in total. The topological polar surface area (TPSA) is 12.5 Å². The first-order valence-corrected chi connectivity index (χ1v) is 19.1. The van der Waals surface area contributed by atoms with Crippen molar-refractivity contribution in [3.63, 3.8) is 0 Å². The molecule has 0 amide bonds. The van der Waals surface area contributed by atoms with Gasteiger partial charge in [0.05, 0.1) is 0 Å². The fraction of sp³-hybridized carbons (Fsp3) is 1.00. The molecule has 0 unspecified atom stereocenters. The van der Waals surface area contributed by atoms with E-state index >= 15 is 0 Å². The Hall–Kier alpha value is 0.921. The van der Waals surface area contributed by atoms with E-state index in [2.05, 4.69) is 75.3 Å². The van der Waals surface area contributed by atoms with Crippen molar-refractivity contribution < 1.29 is 4.43 Å². The molecule has 0 aromatic carbocycles. The van der Waals surface area contributed by atoms with Gasteiger partial charge < -0.3 is 8.66 Å². The first-order valence-electron chi connectivity index (χ1n) is 7.89. The monoisotopic (exact) mass is 351 g/mol. The van der Waals surface area contributed by atoms with Crippen LogP contribution in [0.25, 0.3) is 0 Å². The van der Waals surface area contributed by atoms with E-state index in [0.717, 1.165) is 6.61 Å². The van der Waals surface area contributed by atoms with Crippen molar-refractivity contribution in [2.45, 2.75) is 65.7 Å². The highest BCUT2D eigenvalue weighted by atomic mass is 32.2. The van der Waals surface area contributed by atoms with E-state index in [1.54, 1.807) is 0 Å². The predicted octanol–water partition coefficient (Wildman–Crippen LogP) is 4.86. The third kappa shape index (κ3) is 9.04. The summed E-state index contributed by atoms with van der Waals surface area (Å²) in [6.07, 6.45) is 1.33. The molecule has 0 bridgehead atoms. The molecule has 0 aromatic heterocycles. The van der Waals surface area contributed by atoms with Crippen LogP contribution in [0.15, 0.2) is 0 Å². The molecular weight excluding hydrogens is 314 g/mol. The molecule has 0 saturated heterocycles. The van der Waals surface area contributed by atoms with Crippen molar-refractivity contribution in [3.05, 3.63) is 0 Å². The summed E-state index contributed by atoms with van der Waals surface area (Å²) < 4.78 is 8.78. The Morgan fingerprint density at radius 1 is 0.900 bits per heavy atom. The molecule has 0 heterocycles. The zero-order chi connectivity index (χ0) is 16.0. The normalized spacial score (nSPS) is 14.1. The van der Waals surface area contributed by atoms with Gasteiger partial charge >= 0.3 is 0 Å². The third-order valence-electron chi connectivity index (χ3n) is 3.27. The summed E-state index contributed by atoms with van der Waals surface area (Å²) in [5.74, 6) is 1.29. The van der Waals surface area contributed by atoms with Crippen LogP contribution in [0.4, 0.5) is 0 Å². The van der Waals surface area contributed by atoms with Crippen molar-refractivity contribution >= 4 is 36.6 Å². The lowest BCUT2D eigenvalue weighted by molar-refractivity contribution is 0.334. The quantitative estimate of drug-likeness (QED) is 0.412. The molecule has 0 aliphatic rings. The molecule has 122 valence electrons. The minimum absolute atomic E-state index is 0.874. The van der Waals surface area contributed by atoms with Crippen LogP contribution < -0.4 is 0 Å². The standard InChI is InChI=1S/C14H37NOSSi3/c1-10-16-20(8,9)14-17-13-11-12-15(18(2,3)4)19(5,6)7/h10-14H2,1-9H3. The van der Waals surface area contributed by atoms with Crippen LogP contribution in [0, 0.1) is 0 Å². The van der Waals surface area contributed by atoms with Crippen molar-refractivity contribution in [1.29, 1.82) is 0 Å². The molecule has 0 fully saturated rings. The summed E-state index contributed by atoms with van der Waals surface area (Å²) in [5, 5.41) is 1.24. The largest absolute Gasteiger partial charge is 0.417 e. The molecule has 0 spiro atoms. The smallest absolute Gasteiger partial charge is 0.196 e. The molecule has 0 saturated carbocycles. The molecule has 0 aromatic rings. The van der Waals surface area contributed by atoms with Gasteiger partial charge in [0, 0.05) is 12.0 Å². The fourth-order valence-electron chi connectivity index (χ4n) is 2.75. The Kier molecular flexibility index (Phi) is 8.92. The van der Waals surface area contributed by atoms with Gasteiger partial charge in [-0.15, -0.1) is 0 Å². The molecule has 0 aliphatic heterocycles. The van der Waals surface area contributed by atoms with Gasteiger partial charge in [-0.2, -0.15) is 11.8 Å². The Morgan fingerprint density at radius 3 is 1.80 bits per heavy atom. The van der Waals surface area contributed by atoms with E-state index in [-0.39, 0.29) is 0 Å². The molecule has 0 radical (unpaired) electrons. The summed E-state index contributed by atoms with van der Waals surface area (Å²) in [7, 11) is -3.71. The molecular formula is C14H37NOSSi3. The van der Waals surface area contributed by atoms with E-state index < -0.39 is 24.8 Å². The Balaban J connectivity index is 4.10. The van der Waals surface area contributed by atoms with E-state index in [0.29, 0.717) is 0 Å². The summed E-state index contributed by atoms with van der Waals surface area (Å²) in [5.41, 5.74) is 0. The second-order valence-corrected chi connectivity index (χ2v) is 24.1. The van der Waals surface area contributed by atoms with Gasteiger partial charge in [-0.3, -0.25) is 0 Å². The average molecular weight is 352 g/mol. The van der Waals surface area contributed by atoms with Crippen molar-refractivity contribution in [1.82, 2.24) is 4.23 Å². The maximum absolute atomic E-state index is 5.89. The molecule has 0 aliphatic carbocycles. The zero-order valence-electron chi connectivity index (χ0n) is 15.3. The van der Waals surface area contributed by atoms with E-state index in [4.69, 9.17) is 4.43 Å². The lowest BCUT2D eigenvalue weighted by Gasteiger charge is -2.43. The number of rotatable bonds is 10. The van der Waals surface area contributed by atoms with Crippen LogP contribution >= 0.6 is 11.8 Å². The predicted molar refractivity (Wildman–Crippen MR) is 104 cm³/mol. The average Bonchev–Trinajstić information content (AvgIpc) is 2.19. The second kappa shape index (κ2) is 8.53. The van der Waals surface area contributed by atoms with E-state index in [1.807, 2.05) is 0 Å². The summed E-state index contributed by atoms with van der Waals surface area (Å²) in [4.78, 5) is 0. The SMILES string of the molecule is CCO[Si](C)(C)CSCCCN([Si](C)(C)C)[Si](C)(C)C. The fourth-order valence-corrected chi connectivity index (χ4v) is 16.5. The first kappa shape index (κ1) is 20.9. The lowest BCUT2D eigenvalue weighted by atomic mass is 10.5. The van der Waals surface area contributed by atoms with Crippen LogP contribution in [0.1, 0.15) is 13.3 Å². The molecule has 0 atom stereocenters. The number of hydrogen-bond donors (Lipinski definition) is 0. The maximum atomic E-state index is 5.89. The van der Waals surface area contributed by atoms with Crippen molar-refractivity contribution in [3.8, 4) is 0 Å². The highest BCUT2D eigenvalue weighted by Crippen LogP contribution is 2.21. The van der Waals surface area contributed by atoms with Gasteiger partial charge in [-0.1, -0.05) is 39.3 Å². The number of hydrogen-bond acceptors (Lipinski definition) is 3. The van der Waals surface area contributed by atoms with Crippen molar-refractivity contribution in [2.75, 3.05) is 24.3 Å². The molecule has 6 heteroatoms. The summed E-state index contributed by atoms with van der Waals surface area (Å²) in [6, 6.07) is 0. The second-order valence-electron chi connectivity index (χ2n) is 8.09. The van der Waals surface area contributed by atoms with Gasteiger partial charge in [-0.25, -0.2) is 0 Å². The van der Waals surface area contributed by atoms with Gasteiger partial charge in [0.2, 0.25) is 0 Å². The molecule has 2 nitrogen and oxygen atoms in total. The van der Waals surface area contributed by atoms with Crippen molar-refractivity contribution in [2.24, 2.45) is 0 Å². The van der Waals surface area contributed by atoms with Gasteiger partial charge in [-0.05, 0) is 38.7 Å².